The molecule has 26 heavy (non-hydrogen) atoms. The van der Waals surface area contributed by atoms with Gasteiger partial charge in [-0.25, -0.2) is 0 Å². The van der Waals surface area contributed by atoms with E-state index in [-0.39, 0.29) is 5.69 Å². The van der Waals surface area contributed by atoms with E-state index < -0.39 is 5.91 Å². The number of hydrogen-bond donors (Lipinski definition) is 2. The molecule has 0 aliphatic carbocycles. The fourth-order valence-corrected chi connectivity index (χ4v) is 4.47. The Balaban J connectivity index is 1.85. The van der Waals surface area contributed by atoms with Crippen LogP contribution in [0.1, 0.15) is 10.5 Å². The van der Waals surface area contributed by atoms with E-state index in [1.165, 1.54) is 23.4 Å². The van der Waals surface area contributed by atoms with Crippen LogP contribution in [-0.2, 0) is 4.18 Å². The Kier molecular flexibility index (Phi) is 4.66. The normalized spacial score (nSPS) is 13.3. The molecule has 1 aliphatic heterocycles. The minimum absolute atomic E-state index is 0.165. The zero-order chi connectivity index (χ0) is 18.1. The number of nitrogens with two attached hydrogens (primary N) is 1. The molecule has 6 nitrogen and oxygen atoms in total. The Morgan fingerprint density at radius 1 is 1.27 bits per heavy atom. The number of benzene rings is 1. The minimum atomic E-state index is -0.603. The molecule has 0 radical (unpaired) electrons. The quantitative estimate of drug-likeness (QED) is 0.566. The molecule has 9 heteroatoms. The van der Waals surface area contributed by atoms with Crippen molar-refractivity contribution in [1.82, 2.24) is 10.2 Å². The van der Waals surface area contributed by atoms with Gasteiger partial charge in [-0.05, 0) is 35.9 Å². The van der Waals surface area contributed by atoms with Crippen LogP contribution < -0.4 is 11.1 Å². The van der Waals surface area contributed by atoms with Gasteiger partial charge in [0.25, 0.3) is 5.91 Å². The lowest BCUT2D eigenvalue weighted by atomic mass is 10.1. The van der Waals surface area contributed by atoms with Crippen LogP contribution >= 0.6 is 39.3 Å². The third-order valence-electron chi connectivity index (χ3n) is 3.56. The third-order valence-corrected chi connectivity index (χ3v) is 5.87. The number of nitrogens with zero attached hydrogens (tertiary/aromatic N) is 2. The van der Waals surface area contributed by atoms with Crippen LogP contribution in [0, 0.1) is 0 Å². The van der Waals surface area contributed by atoms with Crippen LogP contribution in [0.5, 0.6) is 0 Å². The van der Waals surface area contributed by atoms with Gasteiger partial charge in [-0.15, -0.1) is 21.5 Å². The number of amides is 1. The van der Waals surface area contributed by atoms with Gasteiger partial charge in [0.15, 0.2) is 11.5 Å². The summed E-state index contributed by atoms with van der Waals surface area (Å²) in [6.45, 7) is 0. The summed E-state index contributed by atoms with van der Waals surface area (Å²) in [6.07, 6.45) is 5.23. The van der Waals surface area contributed by atoms with E-state index in [1.807, 2.05) is 36.4 Å². The highest BCUT2D eigenvalue weighted by molar-refractivity contribution is 9.10. The van der Waals surface area contributed by atoms with Crippen LogP contribution in [0.25, 0.3) is 20.5 Å². The summed E-state index contributed by atoms with van der Waals surface area (Å²) in [7, 11) is 0. The minimum Gasteiger partial charge on any atom is -0.427 e. The Morgan fingerprint density at radius 2 is 2.15 bits per heavy atom. The number of thiophene rings is 1. The lowest BCUT2D eigenvalue weighted by Crippen LogP contribution is -2.14. The van der Waals surface area contributed by atoms with Crippen molar-refractivity contribution in [3.05, 3.63) is 63.9 Å². The maximum atomic E-state index is 11.8. The van der Waals surface area contributed by atoms with E-state index in [0.29, 0.717) is 10.5 Å². The molecule has 0 bridgehead atoms. The first-order valence-electron chi connectivity index (χ1n) is 7.45. The van der Waals surface area contributed by atoms with Crippen molar-refractivity contribution in [1.29, 1.82) is 0 Å². The van der Waals surface area contributed by atoms with Crippen LogP contribution in [0.2, 0.25) is 0 Å². The molecule has 0 unspecified atom stereocenters. The molecule has 2 aromatic heterocycles. The predicted octanol–water partition coefficient (Wildman–Crippen LogP) is 4.67. The SMILES string of the molecule is NC(=O)c1nnc(NC2=CC=COS2)c2cc(-c3cccc(Br)c3)sc12. The van der Waals surface area contributed by atoms with Crippen molar-refractivity contribution in [3.8, 4) is 10.4 Å². The maximum Gasteiger partial charge on any atom is 0.270 e. The number of carbonyl (C=O) groups is 1. The smallest absolute Gasteiger partial charge is 0.270 e. The lowest BCUT2D eigenvalue weighted by Gasteiger charge is -2.11. The van der Waals surface area contributed by atoms with Gasteiger partial charge in [0.05, 0.1) is 4.70 Å². The molecule has 1 aliphatic rings. The number of fused-ring (bicyclic) bond motifs is 1. The molecular weight excluding hydrogens is 436 g/mol. The van der Waals surface area contributed by atoms with E-state index >= 15 is 0 Å². The second-order valence-electron chi connectivity index (χ2n) is 5.29. The molecule has 3 heterocycles. The number of primary amides is 1. The standard InChI is InChI=1S/C17H11BrN4O2S2/c18-10-4-1-3-9(7-10)12-8-11-15(25-12)14(16(19)23)21-22-17(11)20-13-5-2-6-24-26-13/h1-8H,(H2,19,23)(H,20,22). The van der Waals surface area contributed by atoms with Crippen molar-refractivity contribution in [2.24, 2.45) is 5.73 Å². The van der Waals surface area contributed by atoms with Crippen molar-refractivity contribution >= 4 is 61.1 Å². The highest BCUT2D eigenvalue weighted by Gasteiger charge is 2.18. The molecule has 0 fully saturated rings. The largest absolute Gasteiger partial charge is 0.427 e. The Labute approximate surface area is 165 Å². The van der Waals surface area contributed by atoms with Crippen LogP contribution in [0.3, 0.4) is 0 Å². The summed E-state index contributed by atoms with van der Waals surface area (Å²) < 4.78 is 6.87. The van der Waals surface area contributed by atoms with E-state index in [1.54, 1.807) is 12.3 Å². The van der Waals surface area contributed by atoms with Crippen molar-refractivity contribution in [2.45, 2.75) is 0 Å². The highest BCUT2D eigenvalue weighted by atomic mass is 79.9. The van der Waals surface area contributed by atoms with E-state index in [9.17, 15) is 4.79 Å². The first kappa shape index (κ1) is 17.1. The molecule has 1 aromatic carbocycles. The van der Waals surface area contributed by atoms with Gasteiger partial charge in [0.1, 0.15) is 23.3 Å². The topological polar surface area (TPSA) is 90.1 Å². The second kappa shape index (κ2) is 7.10. The summed E-state index contributed by atoms with van der Waals surface area (Å²) in [5, 5.41) is 12.9. The molecule has 0 saturated heterocycles. The summed E-state index contributed by atoms with van der Waals surface area (Å²) in [5.74, 6) is -0.0608. The first-order chi connectivity index (χ1) is 12.6. The van der Waals surface area contributed by atoms with Gasteiger partial charge in [0.2, 0.25) is 0 Å². The van der Waals surface area contributed by atoms with Crippen molar-refractivity contribution < 1.29 is 8.98 Å². The molecule has 1 amide bonds. The molecular formula is C17H11BrN4O2S2. The number of allylic oxidation sites excluding steroid dienone is 2. The fourth-order valence-electron chi connectivity index (χ4n) is 2.42. The van der Waals surface area contributed by atoms with E-state index in [0.717, 1.165) is 25.3 Å². The lowest BCUT2D eigenvalue weighted by molar-refractivity contribution is 0.0996. The summed E-state index contributed by atoms with van der Waals surface area (Å²) in [6, 6.07) is 9.92. The maximum absolute atomic E-state index is 11.8. The summed E-state index contributed by atoms with van der Waals surface area (Å²) in [4.78, 5) is 12.8. The van der Waals surface area contributed by atoms with E-state index in [2.05, 4.69) is 31.4 Å². The van der Waals surface area contributed by atoms with Crippen LogP contribution in [0.15, 0.2) is 58.2 Å². The van der Waals surface area contributed by atoms with Gasteiger partial charge in [-0.1, -0.05) is 28.1 Å². The van der Waals surface area contributed by atoms with Gasteiger partial charge in [0, 0.05) is 14.7 Å². The number of anilines is 1. The third kappa shape index (κ3) is 3.33. The van der Waals surface area contributed by atoms with Crippen LogP contribution in [-0.4, -0.2) is 16.1 Å². The first-order valence-corrected chi connectivity index (χ1v) is 9.80. The molecule has 3 aromatic rings. The average Bonchev–Trinajstić information content (AvgIpc) is 3.08. The van der Waals surface area contributed by atoms with Crippen molar-refractivity contribution in [2.75, 3.05) is 5.32 Å². The Bertz CT molecular complexity index is 1080. The number of halogens is 1. The van der Waals surface area contributed by atoms with Gasteiger partial charge in [-0.2, -0.15) is 0 Å². The molecule has 0 saturated carbocycles. The molecule has 3 N–H and O–H groups in total. The number of rotatable bonds is 4. The number of carbonyl (C=O) groups excluding carboxylic acids is 1. The number of nitrogens with one attached hydrogen (secondary N) is 1. The highest BCUT2D eigenvalue weighted by Crippen LogP contribution is 2.39. The zero-order valence-corrected chi connectivity index (χ0v) is 16.3. The molecule has 0 spiro atoms. The molecule has 0 atom stereocenters. The molecule has 4 rings (SSSR count). The van der Waals surface area contributed by atoms with Gasteiger partial charge >= 0.3 is 0 Å². The molecule has 130 valence electrons. The van der Waals surface area contributed by atoms with Crippen molar-refractivity contribution in [3.63, 3.8) is 0 Å². The summed E-state index contributed by atoms with van der Waals surface area (Å²) >= 11 is 6.12. The zero-order valence-electron chi connectivity index (χ0n) is 13.1. The Hall–Kier alpha value is -2.36. The van der Waals surface area contributed by atoms with Crippen LogP contribution in [0.4, 0.5) is 5.82 Å². The van der Waals surface area contributed by atoms with Gasteiger partial charge in [-0.3, -0.25) is 4.79 Å². The Morgan fingerprint density at radius 3 is 2.88 bits per heavy atom. The van der Waals surface area contributed by atoms with Gasteiger partial charge < -0.3 is 15.2 Å². The van der Waals surface area contributed by atoms with E-state index in [4.69, 9.17) is 9.92 Å². The monoisotopic (exact) mass is 446 g/mol. The predicted molar refractivity (Wildman–Crippen MR) is 109 cm³/mol. The fraction of sp³-hybridized carbons (Fsp3) is 0. The number of hydrogen-bond acceptors (Lipinski definition) is 7. The second-order valence-corrected chi connectivity index (χ2v) is 8.06. The summed E-state index contributed by atoms with van der Waals surface area (Å²) in [5.41, 5.74) is 6.67. The number of aromatic nitrogens is 2. The average molecular weight is 447 g/mol.